The molecule has 10 heavy (non-hydrogen) atoms. The maximum absolute atomic E-state index is 10.9. The highest BCUT2D eigenvalue weighted by atomic mass is 16.3. The van der Waals surface area contributed by atoms with Gasteiger partial charge in [-0.3, -0.25) is 4.79 Å². The van der Waals surface area contributed by atoms with Gasteiger partial charge in [0.05, 0.1) is 6.61 Å². The summed E-state index contributed by atoms with van der Waals surface area (Å²) in [6, 6.07) is -0.472. The molecule has 0 saturated carbocycles. The number of carbonyl (C=O) groups is 1. The van der Waals surface area contributed by atoms with Crippen LogP contribution in [0.3, 0.4) is 0 Å². The normalized spacial score (nSPS) is 12.7. The highest BCUT2D eigenvalue weighted by Gasteiger charge is 2.12. The van der Waals surface area contributed by atoms with Crippen molar-refractivity contribution in [2.45, 2.75) is 13.0 Å². The van der Waals surface area contributed by atoms with Crippen LogP contribution in [0.1, 0.15) is 6.92 Å². The van der Waals surface area contributed by atoms with Gasteiger partial charge in [-0.15, -0.1) is 0 Å². The van der Waals surface area contributed by atoms with E-state index in [4.69, 9.17) is 5.11 Å². The molecule has 0 aromatic carbocycles. The van der Waals surface area contributed by atoms with E-state index in [0.29, 0.717) is 6.54 Å². The Bertz CT molecular complexity index is 102. The van der Waals surface area contributed by atoms with E-state index in [1.165, 1.54) is 0 Å². The second-order valence-corrected chi connectivity index (χ2v) is 1.92. The smallest absolute Gasteiger partial charge is 0.239 e. The number of likely N-dealkylation sites (N-methyl/N-ethyl adjacent to an activating group) is 2. The van der Waals surface area contributed by atoms with Crippen molar-refractivity contribution in [1.82, 2.24) is 10.6 Å². The predicted molar refractivity (Wildman–Crippen MR) is 38.6 cm³/mol. The molecule has 1 atom stereocenters. The second-order valence-electron chi connectivity index (χ2n) is 1.92. The number of rotatable bonds is 4. The van der Waals surface area contributed by atoms with Gasteiger partial charge in [-0.1, -0.05) is 0 Å². The third-order valence-electron chi connectivity index (χ3n) is 1.20. The molecule has 0 aliphatic carbocycles. The zero-order valence-electron chi connectivity index (χ0n) is 6.35. The number of carbonyl (C=O) groups excluding carboxylic acids is 1. The summed E-state index contributed by atoms with van der Waals surface area (Å²) < 4.78 is 0. The first-order valence-corrected chi connectivity index (χ1v) is 3.32. The van der Waals surface area contributed by atoms with Crippen molar-refractivity contribution in [3.05, 3.63) is 0 Å². The molecule has 0 radical (unpaired) electrons. The molecule has 0 aliphatic rings. The van der Waals surface area contributed by atoms with Crippen LogP contribution in [0.25, 0.3) is 0 Å². The van der Waals surface area contributed by atoms with Gasteiger partial charge in [0.2, 0.25) is 5.91 Å². The summed E-state index contributed by atoms with van der Waals surface area (Å²) in [6.45, 7) is 2.27. The second kappa shape index (κ2) is 5.20. The van der Waals surface area contributed by atoms with E-state index in [0.717, 1.165) is 0 Å². The molecular formula is C6H14N2O2. The molecule has 0 aromatic rings. The number of amides is 1. The van der Waals surface area contributed by atoms with E-state index in [9.17, 15) is 4.79 Å². The van der Waals surface area contributed by atoms with Gasteiger partial charge in [-0.05, 0) is 14.0 Å². The summed E-state index contributed by atoms with van der Waals surface area (Å²) in [6.07, 6.45) is 0. The number of nitrogens with one attached hydrogen (secondary N) is 2. The molecule has 0 rings (SSSR count). The average Bonchev–Trinajstić information content (AvgIpc) is 1.91. The number of aliphatic hydroxyl groups excluding tert-OH is 1. The van der Waals surface area contributed by atoms with Crippen LogP contribution in [-0.2, 0) is 4.79 Å². The van der Waals surface area contributed by atoms with Crippen LogP contribution in [0.15, 0.2) is 0 Å². The molecule has 0 fully saturated rings. The quantitative estimate of drug-likeness (QED) is 0.462. The molecule has 0 bridgehead atoms. The van der Waals surface area contributed by atoms with Crippen LogP contribution in [-0.4, -0.2) is 37.3 Å². The summed E-state index contributed by atoms with van der Waals surface area (Å²) in [7, 11) is 1.64. The standard InChI is InChI=1S/C6H14N2O2/c1-3-8-6(10)5(4-9)7-2/h5,7,9H,3-4H2,1-2H3,(H,8,10)/t5-/m1/s1. The molecule has 1 amide bonds. The Morgan fingerprint density at radius 3 is 2.60 bits per heavy atom. The third-order valence-corrected chi connectivity index (χ3v) is 1.20. The van der Waals surface area contributed by atoms with E-state index in [1.54, 1.807) is 7.05 Å². The van der Waals surface area contributed by atoms with E-state index < -0.39 is 6.04 Å². The zero-order chi connectivity index (χ0) is 7.98. The lowest BCUT2D eigenvalue weighted by Crippen LogP contribution is -2.44. The topological polar surface area (TPSA) is 61.4 Å². The van der Waals surface area contributed by atoms with Gasteiger partial charge in [0.25, 0.3) is 0 Å². The molecule has 0 spiro atoms. The van der Waals surface area contributed by atoms with Crippen LogP contribution in [0, 0.1) is 0 Å². The molecular weight excluding hydrogens is 132 g/mol. The molecule has 0 heterocycles. The first-order chi connectivity index (χ1) is 4.76. The fraction of sp³-hybridized carbons (Fsp3) is 0.833. The Kier molecular flexibility index (Phi) is 4.88. The summed E-state index contributed by atoms with van der Waals surface area (Å²) >= 11 is 0. The largest absolute Gasteiger partial charge is 0.394 e. The summed E-state index contributed by atoms with van der Waals surface area (Å²) in [5, 5.41) is 13.9. The van der Waals surface area contributed by atoms with Crippen LogP contribution in [0.2, 0.25) is 0 Å². The van der Waals surface area contributed by atoms with Crippen molar-refractivity contribution in [3.8, 4) is 0 Å². The van der Waals surface area contributed by atoms with Crippen LogP contribution < -0.4 is 10.6 Å². The number of aliphatic hydroxyl groups is 1. The van der Waals surface area contributed by atoms with Crippen molar-refractivity contribution in [2.24, 2.45) is 0 Å². The summed E-state index contributed by atoms with van der Waals surface area (Å²) in [5.74, 6) is -0.160. The Balaban J connectivity index is 3.65. The van der Waals surface area contributed by atoms with Gasteiger partial charge in [0, 0.05) is 6.54 Å². The van der Waals surface area contributed by atoms with Gasteiger partial charge in [0.15, 0.2) is 0 Å². The molecule has 0 aliphatic heterocycles. The van der Waals surface area contributed by atoms with Gasteiger partial charge in [-0.25, -0.2) is 0 Å². The Hall–Kier alpha value is -0.610. The minimum Gasteiger partial charge on any atom is -0.394 e. The minimum absolute atomic E-state index is 0.160. The zero-order valence-corrected chi connectivity index (χ0v) is 6.35. The SMILES string of the molecule is CCNC(=O)[C@@H](CO)NC. The van der Waals surface area contributed by atoms with Crippen molar-refractivity contribution < 1.29 is 9.90 Å². The number of hydrogen-bond donors (Lipinski definition) is 3. The van der Waals surface area contributed by atoms with Crippen molar-refractivity contribution >= 4 is 5.91 Å². The molecule has 60 valence electrons. The minimum atomic E-state index is -0.472. The predicted octanol–water partition coefficient (Wildman–Crippen LogP) is -1.30. The van der Waals surface area contributed by atoms with Crippen molar-refractivity contribution in [3.63, 3.8) is 0 Å². The summed E-state index contributed by atoms with van der Waals surface area (Å²) in [4.78, 5) is 10.9. The first-order valence-electron chi connectivity index (χ1n) is 3.32. The Morgan fingerprint density at radius 2 is 2.30 bits per heavy atom. The highest BCUT2D eigenvalue weighted by molar-refractivity contribution is 5.81. The highest BCUT2D eigenvalue weighted by Crippen LogP contribution is 1.78. The maximum atomic E-state index is 10.9. The maximum Gasteiger partial charge on any atom is 0.239 e. The molecule has 3 N–H and O–H groups in total. The first kappa shape index (κ1) is 9.39. The molecule has 4 heteroatoms. The van der Waals surface area contributed by atoms with Crippen molar-refractivity contribution in [2.75, 3.05) is 20.2 Å². The fourth-order valence-corrected chi connectivity index (χ4v) is 0.603. The van der Waals surface area contributed by atoms with Crippen LogP contribution >= 0.6 is 0 Å². The lowest BCUT2D eigenvalue weighted by atomic mass is 10.3. The monoisotopic (exact) mass is 146 g/mol. The van der Waals surface area contributed by atoms with Crippen molar-refractivity contribution in [1.29, 1.82) is 0 Å². The van der Waals surface area contributed by atoms with Crippen LogP contribution in [0.5, 0.6) is 0 Å². The van der Waals surface area contributed by atoms with E-state index in [1.807, 2.05) is 6.92 Å². The van der Waals surface area contributed by atoms with E-state index in [-0.39, 0.29) is 12.5 Å². The molecule has 0 saturated heterocycles. The summed E-state index contributed by atoms with van der Waals surface area (Å²) in [5.41, 5.74) is 0. The van der Waals surface area contributed by atoms with Gasteiger partial charge >= 0.3 is 0 Å². The van der Waals surface area contributed by atoms with Gasteiger partial charge in [-0.2, -0.15) is 0 Å². The fourth-order valence-electron chi connectivity index (χ4n) is 0.603. The van der Waals surface area contributed by atoms with Gasteiger partial charge < -0.3 is 15.7 Å². The lowest BCUT2D eigenvalue weighted by Gasteiger charge is -2.11. The van der Waals surface area contributed by atoms with Crippen LogP contribution in [0.4, 0.5) is 0 Å². The van der Waals surface area contributed by atoms with E-state index in [2.05, 4.69) is 10.6 Å². The Labute approximate surface area is 60.6 Å². The molecule has 0 unspecified atom stereocenters. The Morgan fingerprint density at radius 1 is 1.70 bits per heavy atom. The third kappa shape index (κ3) is 2.80. The molecule has 4 nitrogen and oxygen atoms in total. The average molecular weight is 146 g/mol. The molecule has 0 aromatic heterocycles. The lowest BCUT2D eigenvalue weighted by molar-refractivity contribution is -0.123. The number of hydrogen-bond acceptors (Lipinski definition) is 3. The van der Waals surface area contributed by atoms with Gasteiger partial charge in [0.1, 0.15) is 6.04 Å². The van der Waals surface area contributed by atoms with E-state index >= 15 is 0 Å².